The zero-order valence-corrected chi connectivity index (χ0v) is 21.7. The third kappa shape index (κ3) is 7.44. The second kappa shape index (κ2) is 12.9. The Morgan fingerprint density at radius 2 is 1.88 bits per heavy atom. The van der Waals surface area contributed by atoms with Crippen LogP contribution in [0.1, 0.15) is 23.6 Å². The molecule has 0 unspecified atom stereocenters. The molecule has 2 N–H and O–H groups in total. The smallest absolute Gasteiger partial charge is 0.231 e. The molecule has 10 nitrogen and oxygen atoms in total. The Morgan fingerprint density at radius 1 is 1.09 bits per heavy atom. The number of hydrogen-bond acceptors (Lipinski definition) is 7. The highest BCUT2D eigenvalue weighted by Gasteiger charge is 2.13. The molecule has 0 aliphatic carbocycles. The lowest BCUT2D eigenvalue weighted by Crippen LogP contribution is -2.41. The summed E-state index contributed by atoms with van der Waals surface area (Å²) in [6.07, 6.45) is 1.90. The molecule has 11 heteroatoms. The van der Waals surface area contributed by atoms with Gasteiger partial charge in [0.05, 0.1) is 13.2 Å². The van der Waals surface area contributed by atoms with Gasteiger partial charge >= 0.3 is 0 Å². The molecule has 0 bridgehead atoms. The summed E-state index contributed by atoms with van der Waals surface area (Å²) in [4.78, 5) is 7.18. The van der Waals surface area contributed by atoms with Gasteiger partial charge in [0, 0.05) is 33.2 Å². The summed E-state index contributed by atoms with van der Waals surface area (Å²) in [6, 6.07) is 6.08. The van der Waals surface area contributed by atoms with Crippen molar-refractivity contribution in [3.63, 3.8) is 0 Å². The minimum atomic E-state index is 0. The lowest BCUT2D eigenvalue weighted by Gasteiger charge is -2.26. The number of aromatic nitrogens is 3. The van der Waals surface area contributed by atoms with Crippen molar-refractivity contribution in [1.82, 2.24) is 30.3 Å². The highest BCUT2D eigenvalue weighted by molar-refractivity contribution is 14.0. The molecule has 182 valence electrons. The van der Waals surface area contributed by atoms with Crippen LogP contribution in [0.15, 0.2) is 23.2 Å². The van der Waals surface area contributed by atoms with Crippen molar-refractivity contribution in [2.45, 2.75) is 26.3 Å². The average Bonchev–Trinajstić information content (AvgIpc) is 3.41. The Balaban J connectivity index is 0.00000306. The molecule has 0 radical (unpaired) electrons. The topological polar surface area (TPSA) is 98.1 Å². The second-order valence-electron chi connectivity index (χ2n) is 7.99. The first kappa shape index (κ1) is 25.5. The van der Waals surface area contributed by atoms with Crippen LogP contribution in [-0.4, -0.2) is 78.4 Å². The van der Waals surface area contributed by atoms with Crippen molar-refractivity contribution < 1.29 is 14.2 Å². The van der Waals surface area contributed by atoms with E-state index in [1.54, 1.807) is 0 Å². The Labute approximate surface area is 212 Å². The minimum absolute atomic E-state index is 0. The number of ether oxygens (including phenoxy) is 3. The van der Waals surface area contributed by atoms with Crippen molar-refractivity contribution in [3.05, 3.63) is 35.4 Å². The summed E-state index contributed by atoms with van der Waals surface area (Å²) in [7, 11) is 1.96. The van der Waals surface area contributed by atoms with E-state index in [0.29, 0.717) is 13.3 Å². The van der Waals surface area contributed by atoms with E-state index in [2.05, 4.69) is 31.8 Å². The van der Waals surface area contributed by atoms with Gasteiger partial charge in [-0.25, -0.2) is 4.99 Å². The van der Waals surface area contributed by atoms with Crippen LogP contribution >= 0.6 is 24.0 Å². The molecule has 0 saturated carbocycles. The number of guanidine groups is 1. The first-order valence-electron chi connectivity index (χ1n) is 11.2. The van der Waals surface area contributed by atoms with Crippen LogP contribution in [0.5, 0.6) is 11.5 Å². The van der Waals surface area contributed by atoms with E-state index in [-0.39, 0.29) is 24.0 Å². The molecule has 1 aromatic heterocycles. The van der Waals surface area contributed by atoms with Crippen molar-refractivity contribution in [2.24, 2.45) is 12.0 Å². The number of fused-ring (bicyclic) bond motifs is 1. The molecule has 1 aromatic carbocycles. The molecule has 2 aliphatic rings. The molecule has 33 heavy (non-hydrogen) atoms. The summed E-state index contributed by atoms with van der Waals surface area (Å²) in [5.74, 6) is 4.13. The Hall–Kier alpha value is -2.12. The lowest BCUT2D eigenvalue weighted by atomic mass is 10.1. The SMILES string of the molecule is Cc1nnc(CN=C(NCCCN2CCOCC2)NCCc2ccc3c(c2)OCO3)n1C.I. The largest absolute Gasteiger partial charge is 0.454 e. The number of aliphatic imine (C=N–C) groups is 1. The van der Waals surface area contributed by atoms with Gasteiger partial charge in [-0.15, -0.1) is 34.2 Å². The standard InChI is InChI=1S/C22H33N7O3.HI/c1-17-26-27-21(28(17)2)15-25-22(23-7-3-9-29-10-12-30-13-11-29)24-8-6-18-4-5-19-20(14-18)32-16-31-19;/h4-5,14H,3,6-13,15-16H2,1-2H3,(H2,23,24,25);1H. The van der Waals surface area contributed by atoms with Gasteiger partial charge in [0.15, 0.2) is 23.3 Å². The number of morpholine rings is 1. The van der Waals surface area contributed by atoms with E-state index in [1.165, 1.54) is 5.56 Å². The minimum Gasteiger partial charge on any atom is -0.454 e. The summed E-state index contributed by atoms with van der Waals surface area (Å²) in [5, 5.41) is 15.2. The van der Waals surface area contributed by atoms with E-state index in [0.717, 1.165) is 87.9 Å². The van der Waals surface area contributed by atoms with Gasteiger partial charge in [-0.05, 0) is 44.0 Å². The van der Waals surface area contributed by atoms with Crippen molar-refractivity contribution >= 4 is 29.9 Å². The summed E-state index contributed by atoms with van der Waals surface area (Å²) in [5.41, 5.74) is 1.19. The Morgan fingerprint density at radius 3 is 2.67 bits per heavy atom. The van der Waals surface area contributed by atoms with E-state index in [9.17, 15) is 0 Å². The maximum Gasteiger partial charge on any atom is 0.231 e. The fourth-order valence-corrected chi connectivity index (χ4v) is 3.67. The predicted octanol–water partition coefficient (Wildman–Crippen LogP) is 1.47. The molecule has 3 heterocycles. The zero-order chi connectivity index (χ0) is 22.2. The lowest BCUT2D eigenvalue weighted by molar-refractivity contribution is 0.0376. The van der Waals surface area contributed by atoms with Gasteiger partial charge < -0.3 is 29.4 Å². The fourth-order valence-electron chi connectivity index (χ4n) is 3.67. The monoisotopic (exact) mass is 571 g/mol. The quantitative estimate of drug-likeness (QED) is 0.202. The molecule has 1 fully saturated rings. The van der Waals surface area contributed by atoms with Gasteiger partial charge in [0.25, 0.3) is 0 Å². The number of aryl methyl sites for hydroxylation is 1. The first-order chi connectivity index (χ1) is 15.7. The van der Waals surface area contributed by atoms with Gasteiger partial charge in [-0.2, -0.15) is 0 Å². The molecule has 4 rings (SSSR count). The highest BCUT2D eigenvalue weighted by Crippen LogP contribution is 2.32. The Kier molecular flexibility index (Phi) is 10.0. The zero-order valence-electron chi connectivity index (χ0n) is 19.4. The van der Waals surface area contributed by atoms with E-state index >= 15 is 0 Å². The molecule has 2 aromatic rings. The predicted molar refractivity (Wildman–Crippen MR) is 136 cm³/mol. The maximum atomic E-state index is 5.48. The van der Waals surface area contributed by atoms with Crippen LogP contribution in [0.25, 0.3) is 0 Å². The molecule has 0 atom stereocenters. The normalized spacial score (nSPS) is 15.9. The molecule has 1 saturated heterocycles. The van der Waals surface area contributed by atoms with E-state index in [4.69, 9.17) is 19.2 Å². The maximum absolute atomic E-state index is 5.48. The van der Waals surface area contributed by atoms with E-state index in [1.807, 2.05) is 30.7 Å². The number of rotatable bonds is 9. The average molecular weight is 571 g/mol. The second-order valence-corrected chi connectivity index (χ2v) is 7.99. The first-order valence-corrected chi connectivity index (χ1v) is 11.2. The van der Waals surface area contributed by atoms with Gasteiger partial charge in [-0.1, -0.05) is 6.07 Å². The number of benzene rings is 1. The Bertz CT molecular complexity index is 915. The van der Waals surface area contributed by atoms with Crippen LogP contribution in [-0.2, 0) is 24.8 Å². The summed E-state index contributed by atoms with van der Waals surface area (Å²) >= 11 is 0. The van der Waals surface area contributed by atoms with Crippen molar-refractivity contribution in [2.75, 3.05) is 52.7 Å². The number of nitrogens with one attached hydrogen (secondary N) is 2. The molecule has 0 amide bonds. The van der Waals surface area contributed by atoms with E-state index < -0.39 is 0 Å². The fraction of sp³-hybridized carbons (Fsp3) is 0.591. The van der Waals surface area contributed by atoms with Crippen LogP contribution < -0.4 is 20.1 Å². The van der Waals surface area contributed by atoms with Crippen LogP contribution in [0, 0.1) is 6.92 Å². The summed E-state index contributed by atoms with van der Waals surface area (Å²) < 4.78 is 18.3. The van der Waals surface area contributed by atoms with Crippen molar-refractivity contribution in [3.8, 4) is 11.5 Å². The molecular weight excluding hydrogens is 537 g/mol. The number of nitrogens with zero attached hydrogens (tertiary/aromatic N) is 5. The van der Waals surface area contributed by atoms with Crippen LogP contribution in [0.4, 0.5) is 0 Å². The van der Waals surface area contributed by atoms with Crippen LogP contribution in [0.2, 0.25) is 0 Å². The number of halogens is 1. The van der Waals surface area contributed by atoms with Crippen molar-refractivity contribution in [1.29, 1.82) is 0 Å². The van der Waals surface area contributed by atoms with Crippen LogP contribution in [0.3, 0.4) is 0 Å². The van der Waals surface area contributed by atoms with Gasteiger partial charge in [0.2, 0.25) is 6.79 Å². The van der Waals surface area contributed by atoms with Gasteiger partial charge in [0.1, 0.15) is 12.4 Å². The van der Waals surface area contributed by atoms with Gasteiger partial charge in [-0.3, -0.25) is 4.90 Å². The highest BCUT2D eigenvalue weighted by atomic mass is 127. The third-order valence-electron chi connectivity index (χ3n) is 5.75. The molecule has 2 aliphatic heterocycles. The molecular formula is C22H34IN7O3. The summed E-state index contributed by atoms with van der Waals surface area (Å²) in [6.45, 7) is 9.07. The number of hydrogen-bond donors (Lipinski definition) is 2. The molecule has 0 spiro atoms. The third-order valence-corrected chi connectivity index (χ3v) is 5.75.